The molecule has 0 aliphatic carbocycles. The van der Waals surface area contributed by atoms with Crippen molar-refractivity contribution in [2.75, 3.05) is 12.1 Å². The van der Waals surface area contributed by atoms with Crippen LogP contribution in [0.25, 0.3) is 0 Å². The Kier molecular flexibility index (Phi) is 4.11. The van der Waals surface area contributed by atoms with Gasteiger partial charge in [-0.3, -0.25) is 5.01 Å². The van der Waals surface area contributed by atoms with Crippen molar-refractivity contribution in [3.63, 3.8) is 0 Å². The lowest BCUT2D eigenvalue weighted by Gasteiger charge is -2.23. The van der Waals surface area contributed by atoms with Gasteiger partial charge in [-0.25, -0.2) is 4.79 Å². The molecule has 4 nitrogen and oxygen atoms in total. The Labute approximate surface area is 134 Å². The number of anilines is 1. The minimum atomic E-state index is -0.391. The van der Waals surface area contributed by atoms with E-state index in [4.69, 9.17) is 16.3 Å². The first-order chi connectivity index (χ1) is 10.7. The second-order valence-corrected chi connectivity index (χ2v) is 5.43. The molecule has 0 amide bonds. The number of benzene rings is 2. The number of halogens is 1. The maximum Gasteiger partial charge on any atom is 0.354 e. The summed E-state index contributed by atoms with van der Waals surface area (Å²) in [6.45, 7) is 0. The second kappa shape index (κ2) is 6.20. The van der Waals surface area contributed by atoms with Crippen LogP contribution in [0.4, 0.5) is 5.69 Å². The molecule has 112 valence electrons. The number of nitrogens with zero attached hydrogens (tertiary/aromatic N) is 2. The molecule has 1 aliphatic rings. The highest BCUT2D eigenvalue weighted by molar-refractivity contribution is 6.37. The zero-order chi connectivity index (χ0) is 15.5. The van der Waals surface area contributed by atoms with Crippen molar-refractivity contribution < 1.29 is 9.53 Å². The van der Waals surface area contributed by atoms with Crippen molar-refractivity contribution in [1.82, 2.24) is 0 Å². The summed E-state index contributed by atoms with van der Waals surface area (Å²) in [6, 6.07) is 17.3. The highest BCUT2D eigenvalue weighted by Crippen LogP contribution is 2.35. The van der Waals surface area contributed by atoms with Crippen LogP contribution in [-0.4, -0.2) is 18.8 Å². The van der Waals surface area contributed by atoms with Gasteiger partial charge in [0, 0.05) is 11.4 Å². The van der Waals surface area contributed by atoms with Crippen LogP contribution < -0.4 is 5.01 Å². The number of hydrogen-bond donors (Lipinski definition) is 0. The standard InChI is InChI=1S/C17H15ClN2O2/c1-22-17(21)15-11-16(12-7-9-13(18)10-8-12)20(19-15)14-5-3-2-4-6-14/h2-10,16H,11H2,1H3. The van der Waals surface area contributed by atoms with Gasteiger partial charge in [0.25, 0.3) is 0 Å². The van der Waals surface area contributed by atoms with Crippen LogP contribution in [0.2, 0.25) is 5.02 Å². The first kappa shape index (κ1) is 14.6. The third-order valence-electron chi connectivity index (χ3n) is 3.61. The molecular weight excluding hydrogens is 300 g/mol. The van der Waals surface area contributed by atoms with Crippen molar-refractivity contribution in [2.24, 2.45) is 5.10 Å². The van der Waals surface area contributed by atoms with E-state index in [1.54, 1.807) is 0 Å². The molecule has 1 aliphatic heterocycles. The summed E-state index contributed by atoms with van der Waals surface area (Å²) in [7, 11) is 1.37. The van der Waals surface area contributed by atoms with Crippen molar-refractivity contribution >= 4 is 29.0 Å². The highest BCUT2D eigenvalue weighted by atomic mass is 35.5. The van der Waals surface area contributed by atoms with Crippen LogP contribution in [0.1, 0.15) is 18.0 Å². The van der Waals surface area contributed by atoms with Crippen LogP contribution in [-0.2, 0) is 9.53 Å². The predicted molar refractivity (Wildman–Crippen MR) is 87.2 cm³/mol. The van der Waals surface area contributed by atoms with E-state index in [0.29, 0.717) is 17.2 Å². The minimum Gasteiger partial charge on any atom is -0.464 e. The van der Waals surface area contributed by atoms with E-state index in [-0.39, 0.29) is 6.04 Å². The van der Waals surface area contributed by atoms with Gasteiger partial charge >= 0.3 is 5.97 Å². The average Bonchev–Trinajstić information content (AvgIpc) is 3.01. The molecule has 2 aromatic rings. The zero-order valence-electron chi connectivity index (χ0n) is 12.1. The van der Waals surface area contributed by atoms with E-state index < -0.39 is 5.97 Å². The van der Waals surface area contributed by atoms with Gasteiger partial charge in [-0.2, -0.15) is 5.10 Å². The van der Waals surface area contributed by atoms with E-state index >= 15 is 0 Å². The lowest BCUT2D eigenvalue weighted by atomic mass is 10.0. The number of hydrazone groups is 1. The largest absolute Gasteiger partial charge is 0.464 e. The fraction of sp³-hybridized carbons (Fsp3) is 0.176. The third-order valence-corrected chi connectivity index (χ3v) is 3.86. The van der Waals surface area contributed by atoms with E-state index in [1.165, 1.54) is 7.11 Å². The normalized spacial score (nSPS) is 17.3. The fourth-order valence-electron chi connectivity index (χ4n) is 2.51. The number of ether oxygens (including phenoxy) is 1. The van der Waals surface area contributed by atoms with Crippen LogP contribution in [0.5, 0.6) is 0 Å². The molecule has 0 aromatic heterocycles. The maximum atomic E-state index is 11.8. The van der Waals surface area contributed by atoms with Gasteiger partial charge in [0.15, 0.2) is 0 Å². The molecule has 1 atom stereocenters. The van der Waals surface area contributed by atoms with Gasteiger partial charge in [0.05, 0.1) is 18.8 Å². The monoisotopic (exact) mass is 314 g/mol. The number of methoxy groups -OCH3 is 1. The van der Waals surface area contributed by atoms with E-state index in [1.807, 2.05) is 59.6 Å². The first-order valence-corrected chi connectivity index (χ1v) is 7.32. The van der Waals surface area contributed by atoms with Gasteiger partial charge in [-0.1, -0.05) is 41.9 Å². The van der Waals surface area contributed by atoms with Crippen molar-refractivity contribution in [3.8, 4) is 0 Å². The SMILES string of the molecule is COC(=O)C1=NN(c2ccccc2)C(c2ccc(Cl)cc2)C1. The number of para-hydroxylation sites is 1. The number of esters is 1. The lowest BCUT2D eigenvalue weighted by Crippen LogP contribution is -2.18. The Morgan fingerprint density at radius 3 is 2.50 bits per heavy atom. The number of rotatable bonds is 3. The van der Waals surface area contributed by atoms with Crippen LogP contribution in [0, 0.1) is 0 Å². The molecule has 1 unspecified atom stereocenters. The predicted octanol–water partition coefficient (Wildman–Crippen LogP) is 3.82. The summed E-state index contributed by atoms with van der Waals surface area (Å²) in [5, 5.41) is 6.99. The van der Waals surface area contributed by atoms with Gasteiger partial charge in [0.2, 0.25) is 0 Å². The van der Waals surface area contributed by atoms with Crippen LogP contribution in [0.15, 0.2) is 59.7 Å². The molecule has 0 saturated carbocycles. The minimum absolute atomic E-state index is 0.0474. The number of carbonyl (C=O) groups excluding carboxylic acids is 1. The molecule has 0 bridgehead atoms. The molecule has 1 heterocycles. The smallest absolute Gasteiger partial charge is 0.354 e. The quantitative estimate of drug-likeness (QED) is 0.809. The lowest BCUT2D eigenvalue weighted by molar-refractivity contribution is -0.132. The molecule has 22 heavy (non-hydrogen) atoms. The van der Waals surface area contributed by atoms with Crippen molar-refractivity contribution in [2.45, 2.75) is 12.5 Å². The maximum absolute atomic E-state index is 11.8. The van der Waals surface area contributed by atoms with E-state index in [2.05, 4.69) is 5.10 Å². The van der Waals surface area contributed by atoms with Crippen molar-refractivity contribution in [1.29, 1.82) is 0 Å². The molecule has 2 aromatic carbocycles. The number of hydrogen-bond acceptors (Lipinski definition) is 4. The molecule has 0 spiro atoms. The Morgan fingerprint density at radius 1 is 1.18 bits per heavy atom. The molecule has 0 radical (unpaired) electrons. The first-order valence-electron chi connectivity index (χ1n) is 6.94. The fourth-order valence-corrected chi connectivity index (χ4v) is 2.64. The molecule has 0 fully saturated rings. The molecule has 5 heteroatoms. The number of carbonyl (C=O) groups is 1. The summed E-state index contributed by atoms with van der Waals surface area (Å²) in [5.41, 5.74) is 2.41. The summed E-state index contributed by atoms with van der Waals surface area (Å²) in [6.07, 6.45) is 0.503. The zero-order valence-corrected chi connectivity index (χ0v) is 12.8. The molecule has 0 saturated heterocycles. The van der Waals surface area contributed by atoms with Crippen LogP contribution in [0.3, 0.4) is 0 Å². The molecule has 3 rings (SSSR count). The Bertz CT molecular complexity index is 698. The Hall–Kier alpha value is -2.33. The van der Waals surface area contributed by atoms with Crippen molar-refractivity contribution in [3.05, 3.63) is 65.2 Å². The molecule has 0 N–H and O–H groups in total. The second-order valence-electron chi connectivity index (χ2n) is 4.99. The average molecular weight is 315 g/mol. The van der Waals surface area contributed by atoms with Gasteiger partial charge in [-0.05, 0) is 29.8 Å². The summed E-state index contributed by atoms with van der Waals surface area (Å²) in [5.74, 6) is -0.391. The topological polar surface area (TPSA) is 41.9 Å². The van der Waals surface area contributed by atoms with E-state index in [0.717, 1.165) is 11.3 Å². The summed E-state index contributed by atoms with van der Waals surface area (Å²) < 4.78 is 4.80. The highest BCUT2D eigenvalue weighted by Gasteiger charge is 2.32. The molecular formula is C17H15ClN2O2. The Morgan fingerprint density at radius 2 is 1.86 bits per heavy atom. The van der Waals surface area contributed by atoms with Crippen LogP contribution >= 0.6 is 11.6 Å². The van der Waals surface area contributed by atoms with E-state index in [9.17, 15) is 4.79 Å². The Balaban J connectivity index is 1.98. The van der Waals surface area contributed by atoms with Gasteiger partial charge in [-0.15, -0.1) is 0 Å². The van der Waals surface area contributed by atoms with Gasteiger partial charge < -0.3 is 4.74 Å². The summed E-state index contributed by atoms with van der Waals surface area (Å²) >= 11 is 5.96. The van der Waals surface area contributed by atoms with Gasteiger partial charge in [0.1, 0.15) is 5.71 Å². The summed E-state index contributed by atoms with van der Waals surface area (Å²) in [4.78, 5) is 11.8. The third kappa shape index (κ3) is 2.83.